The quantitative estimate of drug-likeness (QED) is 0.866. The van der Waals surface area contributed by atoms with Gasteiger partial charge in [-0.25, -0.2) is 13.2 Å². The molecule has 0 aromatic heterocycles. The third-order valence-electron chi connectivity index (χ3n) is 4.73. The second-order valence-corrected chi connectivity index (χ2v) is 8.26. The van der Waals surface area contributed by atoms with E-state index in [2.05, 4.69) is 5.32 Å². The van der Waals surface area contributed by atoms with Gasteiger partial charge in [0.1, 0.15) is 0 Å². The molecular formula is C18H18N2O3S. The van der Waals surface area contributed by atoms with E-state index in [-0.39, 0.29) is 17.8 Å². The lowest BCUT2D eigenvalue weighted by Crippen LogP contribution is -2.42. The molecule has 2 aromatic carbocycles. The molecule has 0 unspecified atom stereocenters. The monoisotopic (exact) mass is 342 g/mol. The molecule has 0 saturated carbocycles. The zero-order valence-electron chi connectivity index (χ0n) is 13.1. The average Bonchev–Trinajstić information content (AvgIpc) is 3.02. The van der Waals surface area contributed by atoms with Crippen LogP contribution < -0.4 is 10.2 Å². The highest BCUT2D eigenvalue weighted by atomic mass is 32.2. The first kappa shape index (κ1) is 15.2. The Balaban J connectivity index is 1.60. The van der Waals surface area contributed by atoms with E-state index < -0.39 is 9.84 Å². The number of rotatable bonds is 1. The van der Waals surface area contributed by atoms with Crippen molar-refractivity contribution < 1.29 is 13.2 Å². The number of carbonyl (C=O) groups is 1. The molecule has 0 radical (unpaired) electrons. The van der Waals surface area contributed by atoms with Crippen LogP contribution in [0.3, 0.4) is 0 Å². The van der Waals surface area contributed by atoms with E-state index in [0.717, 1.165) is 12.1 Å². The summed E-state index contributed by atoms with van der Waals surface area (Å²) in [7, 11) is -3.24. The molecule has 2 aliphatic rings. The highest BCUT2D eigenvalue weighted by molar-refractivity contribution is 7.91. The van der Waals surface area contributed by atoms with Crippen LogP contribution >= 0.6 is 0 Å². The van der Waals surface area contributed by atoms with E-state index in [1.807, 2.05) is 30.3 Å². The molecule has 124 valence electrons. The van der Waals surface area contributed by atoms with Gasteiger partial charge in [-0.2, -0.15) is 0 Å². The molecule has 0 aliphatic carbocycles. The van der Waals surface area contributed by atoms with Crippen molar-refractivity contribution in [1.29, 1.82) is 0 Å². The van der Waals surface area contributed by atoms with Gasteiger partial charge in [0.05, 0.1) is 16.7 Å². The van der Waals surface area contributed by atoms with Crippen molar-refractivity contribution in [1.82, 2.24) is 5.32 Å². The van der Waals surface area contributed by atoms with Crippen molar-refractivity contribution in [2.45, 2.75) is 23.8 Å². The summed E-state index contributed by atoms with van der Waals surface area (Å²) in [6, 6.07) is 14.4. The number of amides is 2. The molecule has 6 heteroatoms. The predicted molar refractivity (Wildman–Crippen MR) is 91.9 cm³/mol. The molecule has 0 fully saturated rings. The molecule has 2 aliphatic heterocycles. The maximum Gasteiger partial charge on any atom is 0.322 e. The van der Waals surface area contributed by atoms with Crippen LogP contribution in [0, 0.1) is 0 Å². The molecule has 2 amide bonds. The summed E-state index contributed by atoms with van der Waals surface area (Å²) in [5, 5.41) is 3.02. The number of hydrogen-bond acceptors (Lipinski definition) is 3. The summed E-state index contributed by atoms with van der Waals surface area (Å²) in [5.74, 6) is 0.0611. The lowest BCUT2D eigenvalue weighted by molar-refractivity contribution is 0.242. The summed E-state index contributed by atoms with van der Waals surface area (Å²) in [4.78, 5) is 14.8. The number of fused-ring (bicyclic) bond motifs is 2. The van der Waals surface area contributed by atoms with E-state index in [0.29, 0.717) is 23.4 Å². The summed E-state index contributed by atoms with van der Waals surface area (Å²) < 4.78 is 24.4. The van der Waals surface area contributed by atoms with E-state index in [9.17, 15) is 13.2 Å². The fourth-order valence-electron chi connectivity index (χ4n) is 3.52. The molecule has 0 bridgehead atoms. The van der Waals surface area contributed by atoms with Crippen LogP contribution in [0.5, 0.6) is 0 Å². The highest BCUT2D eigenvalue weighted by Gasteiger charge is 2.32. The molecule has 1 atom stereocenters. The Labute approximate surface area is 141 Å². The Morgan fingerprint density at radius 1 is 1.08 bits per heavy atom. The Kier molecular flexibility index (Phi) is 3.57. The van der Waals surface area contributed by atoms with E-state index in [4.69, 9.17) is 0 Å². The van der Waals surface area contributed by atoms with Crippen LogP contribution in [-0.4, -0.2) is 26.7 Å². The Bertz CT molecular complexity index is 908. The van der Waals surface area contributed by atoms with Crippen molar-refractivity contribution in [3.8, 4) is 0 Å². The molecule has 5 nitrogen and oxygen atoms in total. The van der Waals surface area contributed by atoms with Gasteiger partial charge >= 0.3 is 6.03 Å². The van der Waals surface area contributed by atoms with Gasteiger partial charge in [0.25, 0.3) is 0 Å². The smallest absolute Gasteiger partial charge is 0.322 e. The normalized spacial score (nSPS) is 21.0. The Morgan fingerprint density at radius 2 is 1.83 bits per heavy atom. The zero-order chi connectivity index (χ0) is 16.7. The van der Waals surface area contributed by atoms with Crippen LogP contribution in [0.2, 0.25) is 0 Å². The van der Waals surface area contributed by atoms with Gasteiger partial charge in [0.2, 0.25) is 0 Å². The lowest BCUT2D eigenvalue weighted by atomic mass is 10.0. The van der Waals surface area contributed by atoms with Gasteiger partial charge in [-0.15, -0.1) is 0 Å². The van der Waals surface area contributed by atoms with E-state index in [1.54, 1.807) is 23.1 Å². The van der Waals surface area contributed by atoms with Gasteiger partial charge in [-0.1, -0.05) is 36.4 Å². The molecular weight excluding hydrogens is 324 g/mol. The number of anilines is 1. The molecule has 1 N–H and O–H groups in total. The zero-order valence-corrected chi connectivity index (χ0v) is 13.9. The Morgan fingerprint density at radius 3 is 2.71 bits per heavy atom. The van der Waals surface area contributed by atoms with Crippen LogP contribution in [0.4, 0.5) is 10.5 Å². The SMILES string of the molecule is O=C(N[C@H]1CCS(=O)(=O)c2ccccc21)N1CCc2ccccc21. The largest absolute Gasteiger partial charge is 0.331 e. The summed E-state index contributed by atoms with van der Waals surface area (Å²) in [6.07, 6.45) is 1.25. The van der Waals surface area contributed by atoms with Crippen LogP contribution in [-0.2, 0) is 16.3 Å². The number of benzene rings is 2. The van der Waals surface area contributed by atoms with Crippen LogP contribution in [0.25, 0.3) is 0 Å². The number of sulfone groups is 1. The van der Waals surface area contributed by atoms with Crippen molar-refractivity contribution in [3.63, 3.8) is 0 Å². The summed E-state index contributed by atoms with van der Waals surface area (Å²) in [5.41, 5.74) is 2.79. The van der Waals surface area contributed by atoms with Gasteiger partial charge in [-0.05, 0) is 36.1 Å². The first-order valence-electron chi connectivity index (χ1n) is 8.04. The number of nitrogens with one attached hydrogen (secondary N) is 1. The van der Waals surface area contributed by atoms with Gasteiger partial charge in [-0.3, -0.25) is 4.90 Å². The number of para-hydroxylation sites is 1. The number of hydrogen-bond donors (Lipinski definition) is 1. The minimum absolute atomic E-state index is 0.0611. The summed E-state index contributed by atoms with van der Waals surface area (Å²) >= 11 is 0. The maximum atomic E-state index is 12.7. The topological polar surface area (TPSA) is 66.5 Å². The average molecular weight is 342 g/mol. The molecule has 2 aromatic rings. The van der Waals surface area contributed by atoms with Crippen LogP contribution in [0.15, 0.2) is 53.4 Å². The third-order valence-corrected chi connectivity index (χ3v) is 6.55. The summed E-state index contributed by atoms with van der Waals surface area (Å²) in [6.45, 7) is 0.651. The van der Waals surface area contributed by atoms with Crippen molar-refractivity contribution in [2.24, 2.45) is 0 Å². The highest BCUT2D eigenvalue weighted by Crippen LogP contribution is 2.33. The van der Waals surface area contributed by atoms with Crippen molar-refractivity contribution >= 4 is 21.6 Å². The van der Waals surface area contributed by atoms with Crippen molar-refractivity contribution in [2.75, 3.05) is 17.2 Å². The third kappa shape index (κ3) is 2.47. The van der Waals surface area contributed by atoms with E-state index >= 15 is 0 Å². The molecule has 2 heterocycles. The minimum Gasteiger partial charge on any atom is -0.331 e. The van der Waals surface area contributed by atoms with Gasteiger partial charge in [0.15, 0.2) is 9.84 Å². The molecule has 0 spiro atoms. The second-order valence-electron chi connectivity index (χ2n) is 6.18. The van der Waals surface area contributed by atoms with Gasteiger partial charge in [0, 0.05) is 12.2 Å². The number of carbonyl (C=O) groups excluding carboxylic acids is 1. The Hall–Kier alpha value is -2.34. The van der Waals surface area contributed by atoms with Crippen LogP contribution in [0.1, 0.15) is 23.6 Å². The first-order valence-corrected chi connectivity index (χ1v) is 9.69. The number of nitrogens with zero attached hydrogens (tertiary/aromatic N) is 1. The predicted octanol–water partition coefficient (Wildman–Crippen LogP) is 2.68. The fraction of sp³-hybridized carbons (Fsp3) is 0.278. The standard InChI is InChI=1S/C18H18N2O3S/c21-18(20-11-9-13-5-1-3-7-16(13)20)19-15-10-12-24(22,23)17-8-4-2-6-14(15)17/h1-8,15H,9-12H2,(H,19,21)/t15-/m0/s1. The van der Waals surface area contributed by atoms with Gasteiger partial charge < -0.3 is 5.32 Å². The first-order chi connectivity index (χ1) is 11.6. The molecule has 24 heavy (non-hydrogen) atoms. The maximum absolute atomic E-state index is 12.7. The molecule has 4 rings (SSSR count). The van der Waals surface area contributed by atoms with E-state index in [1.165, 1.54) is 5.56 Å². The minimum atomic E-state index is -3.24. The fourth-order valence-corrected chi connectivity index (χ4v) is 5.14. The van der Waals surface area contributed by atoms with Crippen molar-refractivity contribution in [3.05, 3.63) is 59.7 Å². The number of urea groups is 1. The second kappa shape index (κ2) is 5.63. The lowest BCUT2D eigenvalue weighted by Gasteiger charge is -2.28. The molecule has 0 saturated heterocycles.